The number of aliphatic imine (C=N–C) groups is 1. The van der Waals surface area contributed by atoms with Crippen molar-refractivity contribution < 1.29 is 0 Å². The lowest BCUT2D eigenvalue weighted by atomic mass is 9.93. The highest BCUT2D eigenvalue weighted by Gasteiger charge is 2.17. The highest BCUT2D eigenvalue weighted by atomic mass is 15.1. The van der Waals surface area contributed by atoms with Gasteiger partial charge in [0.05, 0.1) is 5.71 Å². The van der Waals surface area contributed by atoms with Gasteiger partial charge in [0.15, 0.2) is 0 Å². The fourth-order valence-corrected chi connectivity index (χ4v) is 2.70. The van der Waals surface area contributed by atoms with Gasteiger partial charge in [-0.3, -0.25) is 9.98 Å². The maximum Gasteiger partial charge on any atom is 0.0691 e. The molecule has 0 N–H and O–H groups in total. The first-order valence-electron chi connectivity index (χ1n) is 6.87. The first-order chi connectivity index (χ1) is 9.33. The Labute approximate surface area is 114 Å². The lowest BCUT2D eigenvalue weighted by Gasteiger charge is -2.18. The number of pyridine rings is 1. The summed E-state index contributed by atoms with van der Waals surface area (Å²) in [6, 6.07) is 4.08. The Morgan fingerprint density at radius 2 is 2.37 bits per heavy atom. The van der Waals surface area contributed by atoms with Crippen molar-refractivity contribution in [3.05, 3.63) is 54.0 Å². The van der Waals surface area contributed by atoms with Crippen LogP contribution < -0.4 is 0 Å². The van der Waals surface area contributed by atoms with Gasteiger partial charge in [-0.1, -0.05) is 12.2 Å². The molecule has 3 rings (SSSR count). The van der Waals surface area contributed by atoms with E-state index in [0.717, 1.165) is 37.2 Å². The molecule has 0 spiro atoms. The van der Waals surface area contributed by atoms with Gasteiger partial charge in [-0.2, -0.15) is 0 Å². The van der Waals surface area contributed by atoms with Gasteiger partial charge in [0, 0.05) is 44.0 Å². The Hall–Kier alpha value is -1.90. The minimum Gasteiger partial charge on any atom is -0.380 e. The van der Waals surface area contributed by atoms with E-state index in [1.807, 2.05) is 18.5 Å². The summed E-state index contributed by atoms with van der Waals surface area (Å²) in [6.45, 7) is 2.01. The van der Waals surface area contributed by atoms with E-state index in [2.05, 4.69) is 41.3 Å². The number of aromatic nitrogens is 1. The largest absolute Gasteiger partial charge is 0.380 e. The van der Waals surface area contributed by atoms with Gasteiger partial charge in [-0.15, -0.1) is 0 Å². The van der Waals surface area contributed by atoms with E-state index in [0.29, 0.717) is 5.92 Å². The second-order valence-electron chi connectivity index (χ2n) is 5.21. The van der Waals surface area contributed by atoms with Gasteiger partial charge in [0.1, 0.15) is 0 Å². The van der Waals surface area contributed by atoms with Crippen LogP contribution in [0.15, 0.2) is 53.4 Å². The molecule has 3 nitrogen and oxygen atoms in total. The maximum atomic E-state index is 4.71. The van der Waals surface area contributed by atoms with Crippen molar-refractivity contribution in [3.8, 4) is 0 Å². The van der Waals surface area contributed by atoms with Crippen LogP contribution in [0.3, 0.4) is 0 Å². The summed E-state index contributed by atoms with van der Waals surface area (Å²) in [7, 11) is 2.12. The summed E-state index contributed by atoms with van der Waals surface area (Å²) in [4.78, 5) is 11.1. The molecular formula is C16H19N3. The fourth-order valence-electron chi connectivity index (χ4n) is 2.70. The van der Waals surface area contributed by atoms with Crippen LogP contribution in [0, 0.1) is 5.92 Å². The number of hydrogen-bond acceptors (Lipinski definition) is 3. The smallest absolute Gasteiger partial charge is 0.0691 e. The maximum absolute atomic E-state index is 4.71. The molecule has 0 aromatic carbocycles. The number of rotatable bonds is 2. The van der Waals surface area contributed by atoms with E-state index in [9.17, 15) is 0 Å². The standard InChI is InChI=1S/C16H19N3/c1-19-9-6-13(12-19)10-14-4-3-8-18-16(14)15-5-2-7-17-11-15/h2,5-7,9-11,13H,3-4,8,12H2,1H3/b14-10+. The van der Waals surface area contributed by atoms with Crippen molar-refractivity contribution >= 4 is 5.71 Å². The molecule has 0 aliphatic carbocycles. The summed E-state index contributed by atoms with van der Waals surface area (Å²) in [6.07, 6.45) is 12.8. The van der Waals surface area contributed by atoms with Gasteiger partial charge in [-0.25, -0.2) is 0 Å². The average Bonchev–Trinajstić information content (AvgIpc) is 2.86. The van der Waals surface area contributed by atoms with Crippen molar-refractivity contribution in [2.24, 2.45) is 10.9 Å². The summed E-state index contributed by atoms with van der Waals surface area (Å²) in [5, 5.41) is 0. The first kappa shape index (κ1) is 12.2. The molecule has 3 heteroatoms. The van der Waals surface area contributed by atoms with Crippen LogP contribution in [-0.2, 0) is 0 Å². The molecule has 0 amide bonds. The fraction of sp³-hybridized carbons (Fsp3) is 0.375. The van der Waals surface area contributed by atoms with E-state index < -0.39 is 0 Å². The van der Waals surface area contributed by atoms with Crippen molar-refractivity contribution in [2.75, 3.05) is 20.1 Å². The van der Waals surface area contributed by atoms with Gasteiger partial charge < -0.3 is 4.90 Å². The zero-order chi connectivity index (χ0) is 13.1. The van der Waals surface area contributed by atoms with Crippen LogP contribution in [0.1, 0.15) is 18.4 Å². The van der Waals surface area contributed by atoms with Crippen molar-refractivity contribution in [2.45, 2.75) is 12.8 Å². The van der Waals surface area contributed by atoms with Gasteiger partial charge in [-0.05, 0) is 36.7 Å². The molecule has 19 heavy (non-hydrogen) atoms. The number of nitrogens with zero attached hydrogens (tertiary/aromatic N) is 3. The first-order valence-corrected chi connectivity index (χ1v) is 6.87. The highest BCUT2D eigenvalue weighted by molar-refractivity contribution is 6.12. The van der Waals surface area contributed by atoms with E-state index >= 15 is 0 Å². The van der Waals surface area contributed by atoms with Crippen LogP contribution in [0.25, 0.3) is 0 Å². The van der Waals surface area contributed by atoms with Crippen LogP contribution in [0.5, 0.6) is 0 Å². The molecule has 2 aliphatic heterocycles. The van der Waals surface area contributed by atoms with Gasteiger partial charge in [0.2, 0.25) is 0 Å². The van der Waals surface area contributed by atoms with Gasteiger partial charge in [0.25, 0.3) is 0 Å². The third-order valence-corrected chi connectivity index (χ3v) is 3.62. The van der Waals surface area contributed by atoms with Gasteiger partial charge >= 0.3 is 0 Å². The Morgan fingerprint density at radius 3 is 3.11 bits per heavy atom. The minimum absolute atomic E-state index is 0.514. The van der Waals surface area contributed by atoms with Crippen molar-refractivity contribution in [1.29, 1.82) is 0 Å². The lowest BCUT2D eigenvalue weighted by molar-refractivity contribution is 0.465. The van der Waals surface area contributed by atoms with E-state index in [-0.39, 0.29) is 0 Å². The third-order valence-electron chi connectivity index (χ3n) is 3.62. The molecule has 1 aromatic rings. The normalized spacial score (nSPS) is 24.9. The quantitative estimate of drug-likeness (QED) is 0.810. The van der Waals surface area contributed by atoms with E-state index in [4.69, 9.17) is 4.99 Å². The average molecular weight is 253 g/mol. The minimum atomic E-state index is 0.514. The Balaban J connectivity index is 1.87. The van der Waals surface area contributed by atoms with Crippen LogP contribution >= 0.6 is 0 Å². The Bertz CT molecular complexity index is 528. The predicted molar refractivity (Wildman–Crippen MR) is 78.2 cm³/mol. The van der Waals surface area contributed by atoms with Crippen molar-refractivity contribution in [1.82, 2.24) is 9.88 Å². The number of hydrogen-bond donors (Lipinski definition) is 0. The molecule has 0 radical (unpaired) electrons. The second kappa shape index (κ2) is 5.39. The zero-order valence-electron chi connectivity index (χ0n) is 11.3. The molecular weight excluding hydrogens is 234 g/mol. The molecule has 2 aliphatic rings. The monoisotopic (exact) mass is 253 g/mol. The molecule has 1 unspecified atom stereocenters. The summed E-state index contributed by atoms with van der Waals surface area (Å²) < 4.78 is 0. The lowest BCUT2D eigenvalue weighted by Crippen LogP contribution is -2.15. The van der Waals surface area contributed by atoms with Crippen LogP contribution in [0.2, 0.25) is 0 Å². The van der Waals surface area contributed by atoms with E-state index in [1.54, 1.807) is 0 Å². The second-order valence-corrected chi connectivity index (χ2v) is 5.21. The topological polar surface area (TPSA) is 28.5 Å². The Morgan fingerprint density at radius 1 is 1.42 bits per heavy atom. The molecule has 3 heterocycles. The molecule has 0 saturated carbocycles. The molecule has 0 bridgehead atoms. The molecule has 0 saturated heterocycles. The summed E-state index contributed by atoms with van der Waals surface area (Å²) in [5.41, 5.74) is 3.66. The van der Waals surface area contributed by atoms with Crippen LogP contribution in [0.4, 0.5) is 0 Å². The number of allylic oxidation sites excluding steroid dienone is 1. The highest BCUT2D eigenvalue weighted by Crippen LogP contribution is 2.23. The summed E-state index contributed by atoms with van der Waals surface area (Å²) in [5.74, 6) is 0.514. The molecule has 1 atom stereocenters. The Kier molecular flexibility index (Phi) is 3.45. The van der Waals surface area contributed by atoms with Crippen molar-refractivity contribution in [3.63, 3.8) is 0 Å². The van der Waals surface area contributed by atoms with E-state index in [1.165, 1.54) is 5.57 Å². The third kappa shape index (κ3) is 2.75. The molecule has 98 valence electrons. The predicted octanol–water partition coefficient (Wildman–Crippen LogP) is 2.67. The molecule has 0 fully saturated rings. The SMILES string of the molecule is CN1C=CC(/C=C2\CCCN=C2c2cccnc2)C1. The molecule has 1 aromatic heterocycles. The summed E-state index contributed by atoms with van der Waals surface area (Å²) >= 11 is 0. The zero-order valence-corrected chi connectivity index (χ0v) is 11.3. The van der Waals surface area contributed by atoms with Crippen LogP contribution in [-0.4, -0.2) is 35.7 Å².